The number of carbonyl (C=O) groups is 1. The molecule has 20 atom stereocenters. The number of aliphatic hydroxyl groups excluding tert-OH is 10. The van der Waals surface area contributed by atoms with E-state index in [1.165, 1.54) is 20.8 Å². The first-order chi connectivity index (χ1) is 21.1. The lowest BCUT2D eigenvalue weighted by molar-refractivity contribution is -0.377. The average Bonchev–Trinajstić information content (AvgIpc) is 2.98. The Morgan fingerprint density at radius 3 is 1.69 bits per heavy atom. The average molecular weight is 660 g/mol. The van der Waals surface area contributed by atoms with E-state index in [4.69, 9.17) is 33.2 Å². The van der Waals surface area contributed by atoms with E-state index in [0.29, 0.717) is 0 Å². The zero-order valence-corrected chi connectivity index (χ0v) is 25.0. The topological polar surface area (TPSA) is 296 Å². The highest BCUT2D eigenvalue weighted by Crippen LogP contribution is 2.34. The molecule has 4 heterocycles. The van der Waals surface area contributed by atoms with Gasteiger partial charge in [0.25, 0.3) is 0 Å². The Labute approximate surface area is 257 Å². The van der Waals surface area contributed by atoms with Gasteiger partial charge in [0.05, 0.1) is 24.9 Å². The van der Waals surface area contributed by atoms with Crippen molar-refractivity contribution in [2.75, 3.05) is 6.61 Å². The predicted octanol–water partition coefficient (Wildman–Crippen LogP) is -6.52. The molecule has 4 rings (SSSR count). The van der Waals surface area contributed by atoms with Crippen LogP contribution in [0.4, 0.5) is 0 Å². The molecular formula is C26H45NO18. The Bertz CT molecular complexity index is 980. The van der Waals surface area contributed by atoms with Crippen LogP contribution in [0.5, 0.6) is 0 Å². The van der Waals surface area contributed by atoms with Crippen molar-refractivity contribution in [3.63, 3.8) is 0 Å². The van der Waals surface area contributed by atoms with Gasteiger partial charge < -0.3 is 89.5 Å². The van der Waals surface area contributed by atoms with Gasteiger partial charge in [-0.3, -0.25) is 4.79 Å². The molecule has 0 aliphatic carbocycles. The summed E-state index contributed by atoms with van der Waals surface area (Å²) in [5.74, 6) is -0.677. The number of carbonyl (C=O) groups excluding carboxylic acids is 1. The van der Waals surface area contributed by atoms with E-state index in [1.807, 2.05) is 0 Å². The molecule has 4 fully saturated rings. The minimum atomic E-state index is -1.86. The normalized spacial score (nSPS) is 52.8. The summed E-state index contributed by atoms with van der Waals surface area (Å²) in [4.78, 5) is 12.2. The van der Waals surface area contributed by atoms with Gasteiger partial charge in [-0.05, 0) is 20.8 Å². The van der Waals surface area contributed by atoms with Crippen molar-refractivity contribution >= 4 is 5.91 Å². The van der Waals surface area contributed by atoms with Crippen LogP contribution >= 0.6 is 0 Å². The lowest BCUT2D eigenvalue weighted by atomic mass is 9.94. The van der Waals surface area contributed by atoms with Crippen molar-refractivity contribution in [2.45, 2.75) is 150 Å². The van der Waals surface area contributed by atoms with Crippen molar-refractivity contribution in [2.24, 2.45) is 0 Å². The van der Waals surface area contributed by atoms with Gasteiger partial charge >= 0.3 is 0 Å². The predicted molar refractivity (Wildman–Crippen MR) is 141 cm³/mol. The molecule has 11 N–H and O–H groups in total. The van der Waals surface area contributed by atoms with Crippen LogP contribution in [0.1, 0.15) is 27.7 Å². The Morgan fingerprint density at radius 1 is 0.578 bits per heavy atom. The standard InChI is InChI=1S/C26H45NO18/c1-6-13(31)17(35)22(23(38)39-6)45-24-11(27-9(4)29)20(15(33)10(5-28)42-24)43-26-19(37)21(14(32)8(3)41-26)44-25-18(36)16(34)12(30)7(2)40-25/h6-8,10-26,28,30-38H,5H2,1-4H3,(H,27,29)/t6-,7-,8-,10+,11+,12-,13-,14-,15+,16+,17+,18+,19+,20+,21+,22+,23?,24-,25-,26-/m0/s1. The van der Waals surface area contributed by atoms with Gasteiger partial charge in [-0.15, -0.1) is 0 Å². The molecule has 0 saturated carbocycles. The molecule has 262 valence electrons. The fourth-order valence-electron chi connectivity index (χ4n) is 5.76. The molecule has 4 aliphatic heterocycles. The molecule has 0 aromatic heterocycles. The quantitative estimate of drug-likeness (QED) is 0.115. The van der Waals surface area contributed by atoms with E-state index in [9.17, 15) is 55.9 Å². The molecule has 45 heavy (non-hydrogen) atoms. The summed E-state index contributed by atoms with van der Waals surface area (Å²) in [5, 5.41) is 107. The molecule has 4 saturated heterocycles. The van der Waals surface area contributed by atoms with Crippen LogP contribution < -0.4 is 5.32 Å². The van der Waals surface area contributed by atoms with E-state index in [0.717, 1.165) is 6.92 Å². The highest BCUT2D eigenvalue weighted by atomic mass is 16.8. The summed E-state index contributed by atoms with van der Waals surface area (Å²) >= 11 is 0. The first kappa shape index (κ1) is 36.6. The minimum absolute atomic E-state index is 0.677. The third-order valence-electron chi connectivity index (χ3n) is 8.49. The minimum Gasteiger partial charge on any atom is -0.394 e. The number of hydrogen-bond acceptors (Lipinski definition) is 18. The molecule has 0 aromatic rings. The van der Waals surface area contributed by atoms with Crippen molar-refractivity contribution in [3.05, 3.63) is 0 Å². The second-order valence-corrected chi connectivity index (χ2v) is 11.8. The maximum atomic E-state index is 12.2. The van der Waals surface area contributed by atoms with E-state index in [1.54, 1.807) is 0 Å². The first-order valence-corrected chi connectivity index (χ1v) is 14.7. The lowest BCUT2D eigenvalue weighted by Crippen LogP contribution is -2.69. The number of rotatable bonds is 8. The van der Waals surface area contributed by atoms with Crippen LogP contribution in [-0.2, 0) is 38.0 Å². The van der Waals surface area contributed by atoms with Gasteiger partial charge in [0.2, 0.25) is 5.91 Å². The summed E-state index contributed by atoms with van der Waals surface area (Å²) in [6.45, 7) is 4.52. The summed E-state index contributed by atoms with van der Waals surface area (Å²) in [6, 6.07) is -1.46. The summed E-state index contributed by atoms with van der Waals surface area (Å²) in [6.07, 6.45) is -29.2. The molecule has 4 aliphatic rings. The van der Waals surface area contributed by atoms with Gasteiger partial charge in [0, 0.05) is 6.92 Å². The fraction of sp³-hybridized carbons (Fsp3) is 0.962. The summed E-state index contributed by atoms with van der Waals surface area (Å²) in [7, 11) is 0. The smallest absolute Gasteiger partial charge is 0.217 e. The summed E-state index contributed by atoms with van der Waals surface area (Å²) in [5.41, 5.74) is 0. The molecule has 1 unspecified atom stereocenters. The maximum absolute atomic E-state index is 12.2. The zero-order chi connectivity index (χ0) is 33.5. The summed E-state index contributed by atoms with van der Waals surface area (Å²) < 4.78 is 39.2. The van der Waals surface area contributed by atoms with Crippen LogP contribution in [0.25, 0.3) is 0 Å². The highest BCUT2D eigenvalue weighted by Gasteiger charge is 2.55. The van der Waals surface area contributed by atoms with Crippen LogP contribution in [-0.4, -0.2) is 186 Å². The lowest BCUT2D eigenvalue weighted by Gasteiger charge is -2.49. The van der Waals surface area contributed by atoms with Crippen molar-refractivity contribution in [3.8, 4) is 0 Å². The van der Waals surface area contributed by atoms with Gasteiger partial charge in [-0.25, -0.2) is 0 Å². The number of amides is 1. The Hall–Kier alpha value is -1.21. The molecule has 1 amide bonds. The largest absolute Gasteiger partial charge is 0.394 e. The third kappa shape index (κ3) is 7.60. The molecule has 0 radical (unpaired) electrons. The number of nitrogens with one attached hydrogen (secondary N) is 1. The van der Waals surface area contributed by atoms with Crippen molar-refractivity contribution in [1.29, 1.82) is 0 Å². The first-order valence-electron chi connectivity index (χ1n) is 14.7. The highest BCUT2D eigenvalue weighted by molar-refractivity contribution is 5.73. The van der Waals surface area contributed by atoms with Crippen molar-refractivity contribution in [1.82, 2.24) is 5.32 Å². The molecule has 19 heteroatoms. The van der Waals surface area contributed by atoms with Crippen LogP contribution in [0, 0.1) is 0 Å². The van der Waals surface area contributed by atoms with Crippen molar-refractivity contribution < 1.29 is 89.0 Å². The van der Waals surface area contributed by atoms with Crippen LogP contribution in [0.15, 0.2) is 0 Å². The van der Waals surface area contributed by atoms with Gasteiger partial charge in [-0.2, -0.15) is 0 Å². The second-order valence-electron chi connectivity index (χ2n) is 11.8. The Morgan fingerprint density at radius 2 is 1.09 bits per heavy atom. The van der Waals surface area contributed by atoms with E-state index in [2.05, 4.69) is 5.32 Å². The fourth-order valence-corrected chi connectivity index (χ4v) is 5.76. The molecule has 0 aromatic carbocycles. The van der Waals surface area contributed by atoms with Gasteiger partial charge in [0.15, 0.2) is 25.2 Å². The van der Waals surface area contributed by atoms with Crippen LogP contribution in [0.2, 0.25) is 0 Å². The van der Waals surface area contributed by atoms with Crippen LogP contribution in [0.3, 0.4) is 0 Å². The Balaban J connectivity index is 1.57. The third-order valence-corrected chi connectivity index (χ3v) is 8.49. The molecular weight excluding hydrogens is 614 g/mol. The SMILES string of the molecule is CC(=O)N[C@H]1[C@H](O[C@H]2C(O)O[C@@H](C)[C@H](O)[C@H]2O)O[C@H](CO)[C@@H](O)[C@@H]1O[C@@H]1O[C@@H](C)[C@H](O)[C@@H](O[C@@H]2O[C@@H](C)[C@H](O)[C@@H](O)[C@H]2O)[C@H]1O. The molecule has 0 spiro atoms. The van der Waals surface area contributed by atoms with Gasteiger partial charge in [-0.1, -0.05) is 0 Å². The number of aliphatic hydroxyl groups is 10. The maximum Gasteiger partial charge on any atom is 0.217 e. The number of ether oxygens (including phenoxy) is 7. The van der Waals surface area contributed by atoms with Gasteiger partial charge in [0.1, 0.15) is 79.3 Å². The van der Waals surface area contributed by atoms with E-state index >= 15 is 0 Å². The monoisotopic (exact) mass is 659 g/mol. The zero-order valence-electron chi connectivity index (χ0n) is 25.0. The second kappa shape index (κ2) is 14.9. The van der Waals surface area contributed by atoms with E-state index in [-0.39, 0.29) is 0 Å². The molecule has 0 bridgehead atoms. The molecule has 19 nitrogen and oxygen atoms in total. The number of hydrogen-bond donors (Lipinski definition) is 11. The van der Waals surface area contributed by atoms with E-state index < -0.39 is 135 Å². The Kier molecular flexibility index (Phi) is 12.1.